The quantitative estimate of drug-likeness (QED) is 0.552. The fourth-order valence-corrected chi connectivity index (χ4v) is 2.40. The number of hydrogen-bond acceptors (Lipinski definition) is 3. The SMILES string of the molecule is C=O.CC(C)(C)CCCC1CCCCC1.CCCC.NN. The van der Waals surface area contributed by atoms with Crippen molar-refractivity contribution < 1.29 is 4.79 Å². The summed E-state index contributed by atoms with van der Waals surface area (Å²) in [6, 6.07) is 0. The van der Waals surface area contributed by atoms with Crippen molar-refractivity contribution in [3.8, 4) is 0 Å². The van der Waals surface area contributed by atoms with Crippen LogP contribution in [0.3, 0.4) is 0 Å². The first-order valence-electron chi connectivity index (χ1n) is 8.61. The summed E-state index contributed by atoms with van der Waals surface area (Å²) in [4.78, 5) is 8.00. The molecule has 0 atom stereocenters. The lowest BCUT2D eigenvalue weighted by atomic mass is 9.83. The minimum atomic E-state index is 0.550. The van der Waals surface area contributed by atoms with Crippen molar-refractivity contribution in [1.29, 1.82) is 0 Å². The Balaban J connectivity index is -0.000000343. The van der Waals surface area contributed by atoms with E-state index in [0.717, 1.165) is 5.92 Å². The molecule has 0 radical (unpaired) electrons. The third-order valence-electron chi connectivity index (χ3n) is 3.76. The Bertz CT molecular complexity index is 171. The molecule has 1 aliphatic carbocycles. The van der Waals surface area contributed by atoms with Gasteiger partial charge < -0.3 is 4.79 Å². The zero-order valence-corrected chi connectivity index (χ0v) is 15.4. The molecular formula is C18H42N2O. The molecule has 1 aliphatic rings. The zero-order chi connectivity index (χ0) is 17.1. The number of unbranched alkanes of at least 4 members (excludes halogenated alkanes) is 1. The molecule has 130 valence electrons. The molecule has 0 bridgehead atoms. The third kappa shape index (κ3) is 24.9. The fourth-order valence-electron chi connectivity index (χ4n) is 2.40. The van der Waals surface area contributed by atoms with Gasteiger partial charge in [0.1, 0.15) is 6.79 Å². The Kier molecular flexibility index (Phi) is 23.8. The smallest absolute Gasteiger partial charge is 0.106 e. The van der Waals surface area contributed by atoms with Crippen LogP contribution in [0, 0.1) is 11.3 Å². The Labute approximate surface area is 134 Å². The molecule has 0 aromatic carbocycles. The van der Waals surface area contributed by atoms with Crippen molar-refractivity contribution in [3.05, 3.63) is 0 Å². The molecule has 0 heterocycles. The highest BCUT2D eigenvalue weighted by molar-refractivity contribution is 5.10. The molecule has 0 saturated heterocycles. The second-order valence-electron chi connectivity index (χ2n) is 6.96. The highest BCUT2D eigenvalue weighted by Crippen LogP contribution is 2.30. The van der Waals surface area contributed by atoms with E-state index in [1.165, 1.54) is 64.2 Å². The molecular weight excluding hydrogens is 260 g/mol. The molecule has 0 aromatic rings. The van der Waals surface area contributed by atoms with Gasteiger partial charge in [0, 0.05) is 0 Å². The van der Waals surface area contributed by atoms with Gasteiger partial charge in [-0.2, -0.15) is 0 Å². The molecule has 1 rings (SSSR count). The molecule has 21 heavy (non-hydrogen) atoms. The first-order valence-corrected chi connectivity index (χ1v) is 8.61. The van der Waals surface area contributed by atoms with E-state index in [2.05, 4.69) is 46.3 Å². The highest BCUT2D eigenvalue weighted by atomic mass is 16.1. The second-order valence-corrected chi connectivity index (χ2v) is 6.96. The standard InChI is InChI=1S/C13H26.C4H10.CH2O.H4N2/c1-13(2,3)11-7-10-12-8-5-4-6-9-12;1-3-4-2;2*1-2/h12H,4-11H2,1-3H3;3-4H2,1-2H3;1H2;1-2H2. The summed E-state index contributed by atoms with van der Waals surface area (Å²) in [5.41, 5.74) is 0.550. The van der Waals surface area contributed by atoms with Crippen molar-refractivity contribution in [2.75, 3.05) is 0 Å². The van der Waals surface area contributed by atoms with E-state index in [-0.39, 0.29) is 0 Å². The van der Waals surface area contributed by atoms with Crippen molar-refractivity contribution in [2.24, 2.45) is 23.0 Å². The summed E-state index contributed by atoms with van der Waals surface area (Å²) in [6.07, 6.45) is 14.5. The Hall–Kier alpha value is -0.410. The van der Waals surface area contributed by atoms with Gasteiger partial charge in [0.25, 0.3) is 0 Å². The minimum absolute atomic E-state index is 0.550. The Morgan fingerprint density at radius 1 is 0.952 bits per heavy atom. The van der Waals surface area contributed by atoms with Gasteiger partial charge in [-0.3, -0.25) is 11.7 Å². The summed E-state index contributed by atoms with van der Waals surface area (Å²) < 4.78 is 0. The normalized spacial score (nSPS) is 14.6. The summed E-state index contributed by atoms with van der Waals surface area (Å²) in [7, 11) is 0. The van der Waals surface area contributed by atoms with Crippen LogP contribution in [0.2, 0.25) is 0 Å². The average Bonchev–Trinajstić information content (AvgIpc) is 2.51. The van der Waals surface area contributed by atoms with Gasteiger partial charge in [0.05, 0.1) is 0 Å². The topological polar surface area (TPSA) is 69.1 Å². The highest BCUT2D eigenvalue weighted by Gasteiger charge is 2.15. The van der Waals surface area contributed by atoms with E-state index in [1.54, 1.807) is 0 Å². The van der Waals surface area contributed by atoms with E-state index in [4.69, 9.17) is 4.79 Å². The van der Waals surface area contributed by atoms with E-state index >= 15 is 0 Å². The first kappa shape index (κ1) is 25.5. The van der Waals surface area contributed by atoms with Crippen molar-refractivity contribution in [3.63, 3.8) is 0 Å². The zero-order valence-electron chi connectivity index (χ0n) is 15.4. The van der Waals surface area contributed by atoms with Crippen LogP contribution in [0.15, 0.2) is 0 Å². The van der Waals surface area contributed by atoms with Crippen LogP contribution in [0.4, 0.5) is 0 Å². The minimum Gasteiger partial charge on any atom is -0.307 e. The molecule has 3 nitrogen and oxygen atoms in total. The van der Waals surface area contributed by atoms with Crippen LogP contribution in [-0.2, 0) is 4.79 Å². The summed E-state index contributed by atoms with van der Waals surface area (Å²) >= 11 is 0. The summed E-state index contributed by atoms with van der Waals surface area (Å²) in [5, 5.41) is 0. The van der Waals surface area contributed by atoms with Crippen molar-refractivity contribution >= 4 is 6.79 Å². The maximum atomic E-state index is 8.00. The summed E-state index contributed by atoms with van der Waals surface area (Å²) in [6.45, 7) is 13.4. The molecule has 1 saturated carbocycles. The van der Waals surface area contributed by atoms with E-state index < -0.39 is 0 Å². The number of carbonyl (C=O) groups excluding carboxylic acids is 1. The summed E-state index contributed by atoms with van der Waals surface area (Å²) in [5.74, 6) is 9.08. The molecule has 0 spiro atoms. The maximum Gasteiger partial charge on any atom is 0.106 e. The number of hydrazine groups is 1. The van der Waals surface area contributed by atoms with Gasteiger partial charge in [-0.15, -0.1) is 0 Å². The first-order chi connectivity index (χ1) is 9.99. The van der Waals surface area contributed by atoms with Crippen LogP contribution in [0.5, 0.6) is 0 Å². The van der Waals surface area contributed by atoms with E-state index in [0.29, 0.717) is 5.41 Å². The van der Waals surface area contributed by atoms with Crippen molar-refractivity contribution in [1.82, 2.24) is 0 Å². The van der Waals surface area contributed by atoms with Gasteiger partial charge in [-0.25, -0.2) is 0 Å². The number of hydrogen-bond donors (Lipinski definition) is 2. The molecule has 0 amide bonds. The number of rotatable bonds is 4. The predicted octanol–water partition coefficient (Wildman–Crippen LogP) is 5.22. The van der Waals surface area contributed by atoms with Gasteiger partial charge in [0.15, 0.2) is 0 Å². The molecule has 4 N–H and O–H groups in total. The molecule has 0 aromatic heterocycles. The number of nitrogens with two attached hydrogens (primary N) is 2. The molecule has 0 aliphatic heterocycles. The van der Waals surface area contributed by atoms with Gasteiger partial charge in [-0.05, 0) is 17.8 Å². The van der Waals surface area contributed by atoms with Gasteiger partial charge in [-0.1, -0.05) is 92.4 Å². The van der Waals surface area contributed by atoms with Crippen LogP contribution in [0.25, 0.3) is 0 Å². The van der Waals surface area contributed by atoms with Gasteiger partial charge in [0.2, 0.25) is 0 Å². The second kappa shape index (κ2) is 19.6. The lowest BCUT2D eigenvalue weighted by Gasteiger charge is -2.23. The Morgan fingerprint density at radius 2 is 1.38 bits per heavy atom. The predicted molar refractivity (Wildman–Crippen MR) is 96.0 cm³/mol. The molecule has 3 heteroatoms. The third-order valence-corrected chi connectivity index (χ3v) is 3.76. The largest absolute Gasteiger partial charge is 0.307 e. The fraction of sp³-hybridized carbons (Fsp3) is 0.944. The van der Waals surface area contributed by atoms with Crippen LogP contribution < -0.4 is 11.7 Å². The van der Waals surface area contributed by atoms with Gasteiger partial charge >= 0.3 is 0 Å². The maximum absolute atomic E-state index is 8.00. The molecule has 1 fully saturated rings. The average molecular weight is 303 g/mol. The lowest BCUT2D eigenvalue weighted by Crippen LogP contribution is -2.09. The van der Waals surface area contributed by atoms with E-state index in [9.17, 15) is 0 Å². The van der Waals surface area contributed by atoms with Crippen molar-refractivity contribution in [2.45, 2.75) is 98.8 Å². The van der Waals surface area contributed by atoms with Crippen LogP contribution in [0.1, 0.15) is 98.8 Å². The molecule has 0 unspecified atom stereocenters. The Morgan fingerprint density at radius 3 is 1.71 bits per heavy atom. The van der Waals surface area contributed by atoms with E-state index in [1.807, 2.05) is 6.79 Å². The number of carbonyl (C=O) groups is 1. The monoisotopic (exact) mass is 302 g/mol. The van der Waals surface area contributed by atoms with Crippen LogP contribution >= 0.6 is 0 Å². The lowest BCUT2D eigenvalue weighted by molar-refractivity contribution is -0.0979. The van der Waals surface area contributed by atoms with Crippen LogP contribution in [-0.4, -0.2) is 6.79 Å².